The molecular formula is C18H32IN5O. The van der Waals surface area contributed by atoms with E-state index in [0.29, 0.717) is 6.54 Å². The van der Waals surface area contributed by atoms with Crippen LogP contribution in [0.25, 0.3) is 0 Å². The molecule has 6 nitrogen and oxygen atoms in total. The van der Waals surface area contributed by atoms with Gasteiger partial charge < -0.3 is 21.3 Å². The summed E-state index contributed by atoms with van der Waals surface area (Å²) in [5, 5.41) is 12.2. The maximum absolute atomic E-state index is 11.7. The minimum Gasteiger partial charge on any atom is -0.356 e. The van der Waals surface area contributed by atoms with Gasteiger partial charge in [0.25, 0.3) is 0 Å². The van der Waals surface area contributed by atoms with Crippen LogP contribution in [0.4, 0.5) is 10.5 Å². The molecule has 0 saturated heterocycles. The molecule has 4 N–H and O–H groups in total. The molecule has 1 aromatic rings. The number of aliphatic imine (C=N–C) groups is 1. The third-order valence-corrected chi connectivity index (χ3v) is 3.39. The second kappa shape index (κ2) is 13.7. The van der Waals surface area contributed by atoms with Crippen LogP contribution in [-0.2, 0) is 6.54 Å². The van der Waals surface area contributed by atoms with Crippen molar-refractivity contribution in [1.29, 1.82) is 0 Å². The van der Waals surface area contributed by atoms with Crippen molar-refractivity contribution in [3.05, 3.63) is 29.8 Å². The molecule has 1 aromatic carbocycles. The van der Waals surface area contributed by atoms with Crippen molar-refractivity contribution < 1.29 is 4.79 Å². The molecule has 0 heterocycles. The first-order chi connectivity index (χ1) is 11.5. The van der Waals surface area contributed by atoms with Gasteiger partial charge in [-0.1, -0.05) is 31.9 Å². The van der Waals surface area contributed by atoms with Gasteiger partial charge >= 0.3 is 6.03 Å². The molecule has 0 aliphatic carbocycles. The molecule has 0 fully saturated rings. The van der Waals surface area contributed by atoms with Gasteiger partial charge in [-0.2, -0.15) is 0 Å². The number of rotatable bonds is 8. The van der Waals surface area contributed by atoms with Crippen LogP contribution in [-0.4, -0.2) is 31.6 Å². The average Bonchev–Trinajstić information content (AvgIpc) is 2.55. The van der Waals surface area contributed by atoms with Gasteiger partial charge in [-0.15, -0.1) is 24.0 Å². The summed E-state index contributed by atoms with van der Waals surface area (Å²) in [6.07, 6.45) is 3.59. The maximum Gasteiger partial charge on any atom is 0.319 e. The third-order valence-electron chi connectivity index (χ3n) is 3.39. The summed E-state index contributed by atoms with van der Waals surface area (Å²) in [5.41, 5.74) is 1.90. The summed E-state index contributed by atoms with van der Waals surface area (Å²) in [4.78, 5) is 15.9. The number of hydrogen-bond donors (Lipinski definition) is 4. The van der Waals surface area contributed by atoms with E-state index in [1.165, 1.54) is 12.8 Å². The Bertz CT molecular complexity index is 517. The van der Waals surface area contributed by atoms with Crippen LogP contribution >= 0.6 is 24.0 Å². The van der Waals surface area contributed by atoms with E-state index in [9.17, 15) is 4.79 Å². The van der Waals surface area contributed by atoms with Crippen LogP contribution < -0.4 is 21.3 Å². The maximum atomic E-state index is 11.7. The SMILES string of the molecule is CCCCCNC(=NC)NCc1ccc(NC(=O)NC(C)C)cc1.I. The predicted octanol–water partition coefficient (Wildman–Crippen LogP) is 3.69. The fourth-order valence-electron chi connectivity index (χ4n) is 2.12. The highest BCUT2D eigenvalue weighted by molar-refractivity contribution is 14.0. The lowest BCUT2D eigenvalue weighted by atomic mass is 10.2. The Hall–Kier alpha value is -1.51. The van der Waals surface area contributed by atoms with Gasteiger partial charge in [0.05, 0.1) is 0 Å². The number of unbranched alkanes of at least 4 members (excludes halogenated alkanes) is 2. The van der Waals surface area contributed by atoms with Crippen molar-refractivity contribution in [2.75, 3.05) is 18.9 Å². The molecule has 142 valence electrons. The first kappa shape index (κ1) is 23.5. The highest BCUT2D eigenvalue weighted by Crippen LogP contribution is 2.09. The lowest BCUT2D eigenvalue weighted by Crippen LogP contribution is -2.37. The molecule has 2 amide bonds. The molecule has 1 rings (SSSR count). The van der Waals surface area contributed by atoms with Crippen molar-refractivity contribution in [1.82, 2.24) is 16.0 Å². The lowest BCUT2D eigenvalue weighted by Gasteiger charge is -2.13. The second-order valence-electron chi connectivity index (χ2n) is 6.01. The van der Waals surface area contributed by atoms with E-state index in [2.05, 4.69) is 33.2 Å². The van der Waals surface area contributed by atoms with Crippen LogP contribution in [0.1, 0.15) is 45.6 Å². The van der Waals surface area contributed by atoms with Gasteiger partial charge in [0.2, 0.25) is 0 Å². The Kier molecular flexibility index (Phi) is 12.9. The number of benzene rings is 1. The van der Waals surface area contributed by atoms with Crippen LogP contribution in [0.3, 0.4) is 0 Å². The fourth-order valence-corrected chi connectivity index (χ4v) is 2.12. The molecule has 7 heteroatoms. The van der Waals surface area contributed by atoms with Crippen molar-refractivity contribution in [2.24, 2.45) is 4.99 Å². The van der Waals surface area contributed by atoms with Crippen LogP contribution in [0, 0.1) is 0 Å². The smallest absolute Gasteiger partial charge is 0.319 e. The van der Waals surface area contributed by atoms with Gasteiger partial charge in [-0.05, 0) is 38.0 Å². The number of anilines is 1. The Labute approximate surface area is 168 Å². The number of amides is 2. The van der Waals surface area contributed by atoms with Crippen LogP contribution in [0.15, 0.2) is 29.3 Å². The summed E-state index contributed by atoms with van der Waals surface area (Å²) in [6.45, 7) is 7.67. The normalized spacial score (nSPS) is 10.8. The van der Waals surface area contributed by atoms with E-state index < -0.39 is 0 Å². The van der Waals surface area contributed by atoms with E-state index >= 15 is 0 Å². The van der Waals surface area contributed by atoms with Crippen LogP contribution in [0.5, 0.6) is 0 Å². The minimum absolute atomic E-state index is 0. The number of hydrogen-bond acceptors (Lipinski definition) is 2. The number of nitrogens with zero attached hydrogens (tertiary/aromatic N) is 1. The number of halogens is 1. The summed E-state index contributed by atoms with van der Waals surface area (Å²) < 4.78 is 0. The van der Waals surface area contributed by atoms with Gasteiger partial charge in [-0.25, -0.2) is 4.79 Å². The van der Waals surface area contributed by atoms with E-state index in [0.717, 1.165) is 30.2 Å². The average molecular weight is 461 g/mol. The van der Waals surface area contributed by atoms with Crippen molar-refractivity contribution in [2.45, 2.75) is 52.6 Å². The highest BCUT2D eigenvalue weighted by Gasteiger charge is 2.03. The number of carbonyl (C=O) groups excluding carboxylic acids is 1. The van der Waals surface area contributed by atoms with Crippen molar-refractivity contribution in [3.8, 4) is 0 Å². The number of carbonyl (C=O) groups is 1. The first-order valence-electron chi connectivity index (χ1n) is 8.66. The van der Waals surface area contributed by atoms with Gasteiger partial charge in [0, 0.05) is 31.9 Å². The molecule has 0 aromatic heterocycles. The molecule has 0 unspecified atom stereocenters. The van der Waals surface area contributed by atoms with E-state index in [1.807, 2.05) is 38.1 Å². The summed E-state index contributed by atoms with van der Waals surface area (Å²) in [7, 11) is 1.77. The summed E-state index contributed by atoms with van der Waals surface area (Å²) >= 11 is 0. The Balaban J connectivity index is 0.00000576. The molecule has 0 radical (unpaired) electrons. The van der Waals surface area contributed by atoms with E-state index in [1.54, 1.807) is 7.05 Å². The van der Waals surface area contributed by atoms with E-state index in [-0.39, 0.29) is 36.0 Å². The molecule has 0 bridgehead atoms. The van der Waals surface area contributed by atoms with Gasteiger partial charge in [0.15, 0.2) is 5.96 Å². The Morgan fingerprint density at radius 2 is 1.80 bits per heavy atom. The molecule has 0 aliphatic rings. The standard InChI is InChI=1S/C18H31N5O.HI/c1-5-6-7-12-20-17(19-4)21-13-15-8-10-16(11-9-15)23-18(24)22-14(2)3;/h8-11,14H,5-7,12-13H2,1-4H3,(H2,19,20,21)(H2,22,23,24);1H. The predicted molar refractivity (Wildman–Crippen MR) is 117 cm³/mol. The Morgan fingerprint density at radius 1 is 1.12 bits per heavy atom. The third kappa shape index (κ3) is 10.9. The molecular weight excluding hydrogens is 429 g/mol. The van der Waals surface area contributed by atoms with E-state index in [4.69, 9.17) is 0 Å². The number of nitrogens with one attached hydrogen (secondary N) is 4. The lowest BCUT2D eigenvalue weighted by molar-refractivity contribution is 0.250. The monoisotopic (exact) mass is 461 g/mol. The zero-order valence-corrected chi connectivity index (χ0v) is 18.0. The molecule has 0 aliphatic heterocycles. The Morgan fingerprint density at radius 3 is 2.36 bits per heavy atom. The zero-order valence-electron chi connectivity index (χ0n) is 15.7. The molecule has 0 atom stereocenters. The zero-order chi connectivity index (χ0) is 17.8. The minimum atomic E-state index is -0.187. The quantitative estimate of drug-likeness (QED) is 0.207. The molecule has 0 saturated carbocycles. The van der Waals surface area contributed by atoms with Crippen molar-refractivity contribution >= 4 is 41.7 Å². The summed E-state index contributed by atoms with van der Waals surface area (Å²) in [5.74, 6) is 0.810. The highest BCUT2D eigenvalue weighted by atomic mass is 127. The first-order valence-corrected chi connectivity index (χ1v) is 8.66. The largest absolute Gasteiger partial charge is 0.356 e. The fraction of sp³-hybridized carbons (Fsp3) is 0.556. The molecule has 0 spiro atoms. The molecule has 25 heavy (non-hydrogen) atoms. The number of guanidine groups is 1. The van der Waals surface area contributed by atoms with Gasteiger partial charge in [-0.3, -0.25) is 4.99 Å². The number of urea groups is 1. The van der Waals surface area contributed by atoms with Crippen LogP contribution in [0.2, 0.25) is 0 Å². The summed E-state index contributed by atoms with van der Waals surface area (Å²) in [6, 6.07) is 7.70. The van der Waals surface area contributed by atoms with Crippen molar-refractivity contribution in [3.63, 3.8) is 0 Å². The topological polar surface area (TPSA) is 77.6 Å². The van der Waals surface area contributed by atoms with Gasteiger partial charge in [0.1, 0.15) is 0 Å². The second-order valence-corrected chi connectivity index (χ2v) is 6.01.